The van der Waals surface area contributed by atoms with E-state index in [-0.39, 0.29) is 11.4 Å². The van der Waals surface area contributed by atoms with Gasteiger partial charge in [0, 0.05) is 6.92 Å². The van der Waals surface area contributed by atoms with Crippen molar-refractivity contribution in [2.75, 3.05) is 7.11 Å². The Morgan fingerprint density at radius 3 is 2.47 bits per heavy atom. The van der Waals surface area contributed by atoms with Gasteiger partial charge in [-0.15, -0.1) is 5.10 Å². The highest BCUT2D eigenvalue weighted by molar-refractivity contribution is 5.97. The number of alkyl halides is 3. The fourth-order valence-corrected chi connectivity index (χ4v) is 0.890. The Bertz CT molecular complexity index is 447. The molecule has 0 saturated carbocycles. The normalized spacial score (nSPS) is 14.0. The third-order valence-electron chi connectivity index (χ3n) is 1.89. The van der Waals surface area contributed by atoms with Crippen LogP contribution in [0.25, 0.3) is 0 Å². The summed E-state index contributed by atoms with van der Waals surface area (Å²) >= 11 is 0. The maximum atomic E-state index is 12.3. The minimum absolute atomic E-state index is 0.0879. The summed E-state index contributed by atoms with van der Waals surface area (Å²) in [4.78, 5) is 0. The van der Waals surface area contributed by atoms with Gasteiger partial charge in [-0.2, -0.15) is 23.4 Å². The molecule has 94 valence electrons. The van der Waals surface area contributed by atoms with Crippen LogP contribution in [0, 0.1) is 0 Å². The van der Waals surface area contributed by atoms with Crippen LogP contribution in [0.2, 0.25) is 0 Å². The quantitative estimate of drug-likeness (QED) is 0.495. The average Bonchev–Trinajstić information content (AvgIpc) is 2.74. The van der Waals surface area contributed by atoms with Crippen LogP contribution >= 0.6 is 0 Å². The molecule has 0 spiro atoms. The van der Waals surface area contributed by atoms with E-state index in [9.17, 15) is 13.2 Å². The molecule has 5 nitrogen and oxygen atoms in total. The van der Waals surface area contributed by atoms with Crippen LogP contribution in [0.3, 0.4) is 0 Å². The van der Waals surface area contributed by atoms with Gasteiger partial charge in [0.05, 0.1) is 12.8 Å². The van der Waals surface area contributed by atoms with E-state index < -0.39 is 11.9 Å². The molecule has 1 heterocycles. The van der Waals surface area contributed by atoms with Crippen molar-refractivity contribution in [1.82, 2.24) is 10.2 Å². The first-order valence-corrected chi connectivity index (χ1v) is 4.60. The molecule has 1 rings (SSSR count). The second kappa shape index (κ2) is 4.98. The summed E-state index contributed by atoms with van der Waals surface area (Å²) in [5.41, 5.74) is -0.576. The number of hydrogen-bond acceptors (Lipinski definition) is 4. The third kappa shape index (κ3) is 3.58. The van der Waals surface area contributed by atoms with E-state index in [4.69, 9.17) is 4.74 Å². The largest absolute Gasteiger partial charge is 0.483 e. The summed E-state index contributed by atoms with van der Waals surface area (Å²) in [6.07, 6.45) is -4.45. The minimum Gasteiger partial charge on any atom is -0.483 e. The standard InChI is InChI=1S/C9H11F3N4O/c1-5(13-14-6(2)17-3)7-4-8(16-15-7)9(10,11)12/h4H,1-3H3,(H,15,16). The topological polar surface area (TPSA) is 62.6 Å². The molecule has 1 aromatic heterocycles. The third-order valence-corrected chi connectivity index (χ3v) is 1.89. The number of ether oxygens (including phenoxy) is 1. The van der Waals surface area contributed by atoms with Crippen LogP contribution in [-0.2, 0) is 10.9 Å². The van der Waals surface area contributed by atoms with Crippen molar-refractivity contribution in [1.29, 1.82) is 0 Å². The van der Waals surface area contributed by atoms with Gasteiger partial charge in [0.1, 0.15) is 11.4 Å². The van der Waals surface area contributed by atoms with Gasteiger partial charge in [-0.25, -0.2) is 0 Å². The van der Waals surface area contributed by atoms with E-state index in [1.165, 1.54) is 14.0 Å². The predicted octanol–water partition coefficient (Wildman–Crippen LogP) is 2.22. The van der Waals surface area contributed by atoms with Crippen molar-refractivity contribution >= 4 is 11.6 Å². The van der Waals surface area contributed by atoms with Gasteiger partial charge < -0.3 is 4.74 Å². The lowest BCUT2D eigenvalue weighted by Gasteiger charge is -1.99. The maximum Gasteiger partial charge on any atom is 0.432 e. The predicted molar refractivity (Wildman–Crippen MR) is 55.9 cm³/mol. The number of nitrogens with zero attached hydrogens (tertiary/aromatic N) is 3. The zero-order chi connectivity index (χ0) is 13.1. The van der Waals surface area contributed by atoms with Crippen molar-refractivity contribution < 1.29 is 17.9 Å². The maximum absolute atomic E-state index is 12.3. The zero-order valence-electron chi connectivity index (χ0n) is 9.46. The van der Waals surface area contributed by atoms with Crippen LogP contribution in [-0.4, -0.2) is 28.9 Å². The van der Waals surface area contributed by atoms with E-state index >= 15 is 0 Å². The highest BCUT2D eigenvalue weighted by Crippen LogP contribution is 2.27. The van der Waals surface area contributed by atoms with Crippen LogP contribution in [0.4, 0.5) is 13.2 Å². The molecule has 0 atom stereocenters. The number of halogens is 3. The minimum atomic E-state index is -4.45. The Kier molecular flexibility index (Phi) is 3.87. The zero-order valence-corrected chi connectivity index (χ0v) is 9.46. The fraction of sp³-hybridized carbons (Fsp3) is 0.444. The first kappa shape index (κ1) is 13.2. The second-order valence-electron chi connectivity index (χ2n) is 3.17. The highest BCUT2D eigenvalue weighted by Gasteiger charge is 2.33. The molecule has 0 unspecified atom stereocenters. The second-order valence-corrected chi connectivity index (χ2v) is 3.17. The van der Waals surface area contributed by atoms with Gasteiger partial charge in [0.2, 0.25) is 5.90 Å². The van der Waals surface area contributed by atoms with Crippen molar-refractivity contribution in [3.63, 3.8) is 0 Å². The monoisotopic (exact) mass is 248 g/mol. The number of rotatable bonds is 2. The summed E-state index contributed by atoms with van der Waals surface area (Å²) in [5, 5.41) is 12.7. The van der Waals surface area contributed by atoms with Gasteiger partial charge in [-0.3, -0.25) is 5.10 Å². The summed E-state index contributed by atoms with van der Waals surface area (Å²) in [5.74, 6) is 0.302. The van der Waals surface area contributed by atoms with E-state index in [0.29, 0.717) is 5.90 Å². The molecule has 0 bridgehead atoms. The number of aromatic nitrogens is 2. The lowest BCUT2D eigenvalue weighted by atomic mass is 10.3. The Morgan fingerprint density at radius 1 is 1.35 bits per heavy atom. The first-order chi connectivity index (χ1) is 7.84. The van der Waals surface area contributed by atoms with Crippen LogP contribution in [0.1, 0.15) is 25.2 Å². The highest BCUT2D eigenvalue weighted by atomic mass is 19.4. The van der Waals surface area contributed by atoms with E-state index in [1.807, 2.05) is 5.10 Å². The van der Waals surface area contributed by atoms with Gasteiger partial charge >= 0.3 is 6.18 Å². The molecule has 0 aliphatic carbocycles. The molecule has 17 heavy (non-hydrogen) atoms. The number of H-pyrrole nitrogens is 1. The van der Waals surface area contributed by atoms with Gasteiger partial charge in [-0.05, 0) is 13.0 Å². The fourth-order valence-electron chi connectivity index (χ4n) is 0.890. The molecule has 0 saturated heterocycles. The molecular formula is C9H11F3N4O. The van der Waals surface area contributed by atoms with E-state index in [1.54, 1.807) is 6.92 Å². The van der Waals surface area contributed by atoms with Gasteiger partial charge in [0.15, 0.2) is 0 Å². The lowest BCUT2D eigenvalue weighted by molar-refractivity contribution is -0.141. The number of hydrogen-bond donors (Lipinski definition) is 1. The molecule has 0 fully saturated rings. The molecule has 0 amide bonds. The summed E-state index contributed by atoms with van der Waals surface area (Å²) in [6, 6.07) is 0.872. The number of aromatic amines is 1. The molecule has 1 N–H and O–H groups in total. The lowest BCUT2D eigenvalue weighted by Crippen LogP contribution is -2.04. The van der Waals surface area contributed by atoms with Crippen LogP contribution in [0.5, 0.6) is 0 Å². The van der Waals surface area contributed by atoms with Gasteiger partial charge in [0.25, 0.3) is 0 Å². The molecule has 0 aliphatic heterocycles. The Hall–Kier alpha value is -1.86. The van der Waals surface area contributed by atoms with Crippen molar-refractivity contribution in [2.45, 2.75) is 20.0 Å². The van der Waals surface area contributed by atoms with E-state index in [2.05, 4.69) is 15.3 Å². The van der Waals surface area contributed by atoms with E-state index in [0.717, 1.165) is 6.07 Å². The van der Waals surface area contributed by atoms with Crippen molar-refractivity contribution in [3.05, 3.63) is 17.5 Å². The average molecular weight is 248 g/mol. The van der Waals surface area contributed by atoms with Crippen LogP contribution in [0.15, 0.2) is 16.3 Å². The van der Waals surface area contributed by atoms with Crippen molar-refractivity contribution in [2.24, 2.45) is 10.2 Å². The molecule has 0 aliphatic rings. The number of nitrogens with one attached hydrogen (secondary N) is 1. The summed E-state index contributed by atoms with van der Waals surface area (Å²) < 4.78 is 41.6. The SMILES string of the molecule is COC(C)=NN=C(C)c1cc(C(F)(F)F)[nH]n1. The summed E-state index contributed by atoms with van der Waals surface area (Å²) in [7, 11) is 1.42. The van der Waals surface area contributed by atoms with Gasteiger partial charge in [-0.1, -0.05) is 0 Å². The van der Waals surface area contributed by atoms with Crippen LogP contribution < -0.4 is 0 Å². The molecule has 8 heteroatoms. The Morgan fingerprint density at radius 2 is 2.00 bits per heavy atom. The molecule has 1 aromatic rings. The first-order valence-electron chi connectivity index (χ1n) is 4.60. The Balaban J connectivity index is 2.91. The molecular weight excluding hydrogens is 237 g/mol. The smallest absolute Gasteiger partial charge is 0.432 e. The molecule has 0 radical (unpaired) electrons. The molecule has 0 aromatic carbocycles. The number of methoxy groups -OCH3 is 1. The summed E-state index contributed by atoms with van der Waals surface area (Å²) in [6.45, 7) is 3.07. The van der Waals surface area contributed by atoms with Crippen molar-refractivity contribution in [3.8, 4) is 0 Å². The Labute approximate surface area is 95.4 Å².